The van der Waals surface area contributed by atoms with E-state index in [4.69, 9.17) is 33.2 Å². The number of aliphatic hydroxyl groups excluding tert-OH is 3. The number of esters is 4. The Bertz CT molecular complexity index is 811. The molecule has 2 aliphatic rings. The van der Waals surface area contributed by atoms with E-state index >= 15 is 0 Å². The molecule has 0 aromatic rings. The third-order valence-corrected chi connectivity index (χ3v) is 5.94. The average Bonchev–Trinajstić information content (AvgIpc) is 2.77. The van der Waals surface area contributed by atoms with Crippen molar-refractivity contribution < 1.29 is 67.7 Å². The largest absolute Gasteiger partial charge is 0.463 e. The van der Waals surface area contributed by atoms with Crippen molar-refractivity contribution in [2.75, 3.05) is 13.2 Å². The molecule has 0 aromatic heterocycles. The molecular weight excluding hydrogens is 500 g/mol. The second-order valence-corrected chi connectivity index (χ2v) is 9.26. The summed E-state index contributed by atoms with van der Waals surface area (Å²) in [6.07, 6.45) is -13.0. The molecule has 2 heterocycles. The molecular formula is C23H36O14. The standard InChI is InChI=1S/C23H36O14/c1-9(2)16-14(7-31-10(3)24)36-23(21(17(16)28)34-13(6)27)37-19-15(8-32-11(4)25)35-22(30)20(18(19)29)33-12(5)26/h9,14-23,28-30H,7-8H2,1-6H3/t14?,15-,16?,17?,18?,19?,20?,21?,22+,23?/m0/s1. The van der Waals surface area contributed by atoms with Crippen molar-refractivity contribution in [3.63, 3.8) is 0 Å². The van der Waals surface area contributed by atoms with Gasteiger partial charge in [-0.25, -0.2) is 0 Å². The maximum absolute atomic E-state index is 11.9. The molecule has 0 amide bonds. The molecule has 10 atom stereocenters. The summed E-state index contributed by atoms with van der Waals surface area (Å²) in [5.41, 5.74) is 0. The summed E-state index contributed by atoms with van der Waals surface area (Å²) in [7, 11) is 0. The zero-order valence-corrected chi connectivity index (χ0v) is 21.6. The van der Waals surface area contributed by atoms with Crippen LogP contribution < -0.4 is 0 Å². The molecule has 3 N–H and O–H groups in total. The van der Waals surface area contributed by atoms with E-state index in [0.29, 0.717) is 0 Å². The lowest BCUT2D eigenvalue weighted by atomic mass is 9.80. The van der Waals surface area contributed by atoms with Crippen LogP contribution in [0.4, 0.5) is 0 Å². The molecule has 0 aliphatic carbocycles. The molecule has 2 fully saturated rings. The minimum atomic E-state index is -1.79. The van der Waals surface area contributed by atoms with E-state index in [0.717, 1.165) is 20.8 Å². The number of hydrogen-bond donors (Lipinski definition) is 3. The zero-order chi connectivity index (χ0) is 28.0. The molecule has 2 rings (SSSR count). The predicted octanol–water partition coefficient (Wildman–Crippen LogP) is -1.20. The normalized spacial score (nSPS) is 35.9. The van der Waals surface area contributed by atoms with Crippen LogP contribution in [0.3, 0.4) is 0 Å². The van der Waals surface area contributed by atoms with Crippen LogP contribution in [0.1, 0.15) is 41.5 Å². The van der Waals surface area contributed by atoms with Crippen LogP contribution in [0.15, 0.2) is 0 Å². The second kappa shape index (κ2) is 13.4. The number of aliphatic hydroxyl groups is 3. The van der Waals surface area contributed by atoms with Crippen molar-refractivity contribution in [2.24, 2.45) is 11.8 Å². The molecule has 2 aliphatic heterocycles. The first-order chi connectivity index (χ1) is 17.2. The first-order valence-corrected chi connectivity index (χ1v) is 11.8. The van der Waals surface area contributed by atoms with Crippen LogP contribution >= 0.6 is 0 Å². The molecule has 37 heavy (non-hydrogen) atoms. The van der Waals surface area contributed by atoms with E-state index in [9.17, 15) is 34.5 Å². The van der Waals surface area contributed by atoms with Gasteiger partial charge in [0, 0.05) is 33.6 Å². The Morgan fingerprint density at radius 1 is 0.703 bits per heavy atom. The van der Waals surface area contributed by atoms with Crippen molar-refractivity contribution in [3.8, 4) is 0 Å². The van der Waals surface area contributed by atoms with Crippen molar-refractivity contribution in [1.29, 1.82) is 0 Å². The fraction of sp³-hybridized carbons (Fsp3) is 0.826. The van der Waals surface area contributed by atoms with E-state index < -0.39 is 91.7 Å². The van der Waals surface area contributed by atoms with Crippen LogP contribution in [0.2, 0.25) is 0 Å². The fourth-order valence-corrected chi connectivity index (χ4v) is 4.43. The van der Waals surface area contributed by atoms with Crippen LogP contribution in [0, 0.1) is 11.8 Å². The highest BCUT2D eigenvalue weighted by atomic mass is 16.7. The maximum Gasteiger partial charge on any atom is 0.303 e. The quantitative estimate of drug-likeness (QED) is 0.235. The predicted molar refractivity (Wildman–Crippen MR) is 119 cm³/mol. The lowest BCUT2D eigenvalue weighted by Crippen LogP contribution is -2.65. The molecule has 212 valence electrons. The van der Waals surface area contributed by atoms with Gasteiger partial charge in [0.25, 0.3) is 0 Å². The molecule has 0 saturated carbocycles. The minimum Gasteiger partial charge on any atom is -0.463 e. The van der Waals surface area contributed by atoms with Crippen LogP contribution in [0.25, 0.3) is 0 Å². The molecule has 14 heteroatoms. The summed E-state index contributed by atoms with van der Waals surface area (Å²) in [4.78, 5) is 46.2. The molecule has 0 aromatic carbocycles. The van der Waals surface area contributed by atoms with Crippen LogP contribution in [-0.4, -0.2) is 108 Å². The van der Waals surface area contributed by atoms with Gasteiger partial charge < -0.3 is 48.5 Å². The summed E-state index contributed by atoms with van der Waals surface area (Å²) < 4.78 is 37.6. The Morgan fingerprint density at radius 2 is 1.22 bits per heavy atom. The number of carbonyl (C=O) groups is 4. The van der Waals surface area contributed by atoms with Gasteiger partial charge in [0.2, 0.25) is 0 Å². The van der Waals surface area contributed by atoms with Crippen molar-refractivity contribution in [3.05, 3.63) is 0 Å². The molecule has 14 nitrogen and oxygen atoms in total. The topological polar surface area (TPSA) is 194 Å². The first kappa shape index (κ1) is 30.9. The van der Waals surface area contributed by atoms with E-state index in [1.54, 1.807) is 13.8 Å². The Morgan fingerprint density at radius 3 is 1.70 bits per heavy atom. The van der Waals surface area contributed by atoms with Crippen LogP contribution in [0.5, 0.6) is 0 Å². The fourth-order valence-electron chi connectivity index (χ4n) is 4.43. The van der Waals surface area contributed by atoms with Gasteiger partial charge in [0.05, 0.1) is 0 Å². The Kier molecular flexibility index (Phi) is 11.2. The Balaban J connectivity index is 2.41. The molecule has 0 bridgehead atoms. The third kappa shape index (κ3) is 8.32. The van der Waals surface area contributed by atoms with Gasteiger partial charge in [-0.15, -0.1) is 0 Å². The summed E-state index contributed by atoms with van der Waals surface area (Å²) in [5, 5.41) is 32.4. The highest BCUT2D eigenvalue weighted by Gasteiger charge is 2.54. The smallest absolute Gasteiger partial charge is 0.303 e. The summed E-state index contributed by atoms with van der Waals surface area (Å²) in [6.45, 7) is 7.38. The number of ether oxygens (including phenoxy) is 7. The van der Waals surface area contributed by atoms with E-state index in [1.807, 2.05) is 0 Å². The zero-order valence-electron chi connectivity index (χ0n) is 21.6. The monoisotopic (exact) mass is 536 g/mol. The van der Waals surface area contributed by atoms with Gasteiger partial charge in [0.15, 0.2) is 24.8 Å². The summed E-state index contributed by atoms with van der Waals surface area (Å²) in [6, 6.07) is 0. The summed E-state index contributed by atoms with van der Waals surface area (Å²) in [5.74, 6) is -3.71. The van der Waals surface area contributed by atoms with Gasteiger partial charge >= 0.3 is 23.9 Å². The SMILES string of the molecule is CC(=O)OCC1OC(OC2C(O)C(OC(C)=O)[C@H](O)O[C@H]2COC(C)=O)C(OC(C)=O)C(O)C1C(C)C. The highest BCUT2D eigenvalue weighted by Crippen LogP contribution is 2.36. The van der Waals surface area contributed by atoms with Gasteiger partial charge in [-0.1, -0.05) is 13.8 Å². The lowest BCUT2D eigenvalue weighted by Gasteiger charge is -2.48. The molecule has 2 saturated heterocycles. The van der Waals surface area contributed by atoms with Gasteiger partial charge in [-0.05, 0) is 5.92 Å². The molecule has 0 radical (unpaired) electrons. The second-order valence-electron chi connectivity index (χ2n) is 9.26. The van der Waals surface area contributed by atoms with E-state index in [-0.39, 0.29) is 12.5 Å². The number of rotatable bonds is 9. The highest BCUT2D eigenvalue weighted by molar-refractivity contribution is 5.67. The Hall–Kier alpha value is -2.36. The lowest BCUT2D eigenvalue weighted by molar-refractivity contribution is -0.354. The van der Waals surface area contributed by atoms with Crippen molar-refractivity contribution >= 4 is 23.9 Å². The first-order valence-electron chi connectivity index (χ1n) is 11.8. The number of hydrogen-bond acceptors (Lipinski definition) is 14. The number of carbonyl (C=O) groups excluding carboxylic acids is 4. The van der Waals surface area contributed by atoms with Gasteiger partial charge in [-0.3, -0.25) is 19.2 Å². The minimum absolute atomic E-state index is 0.210. The van der Waals surface area contributed by atoms with Gasteiger partial charge in [-0.2, -0.15) is 0 Å². The summed E-state index contributed by atoms with van der Waals surface area (Å²) >= 11 is 0. The third-order valence-electron chi connectivity index (χ3n) is 5.94. The Labute approximate surface area is 214 Å². The van der Waals surface area contributed by atoms with Crippen molar-refractivity contribution in [1.82, 2.24) is 0 Å². The van der Waals surface area contributed by atoms with Crippen molar-refractivity contribution in [2.45, 2.75) is 96.9 Å². The molecule has 8 unspecified atom stereocenters. The molecule has 0 spiro atoms. The average molecular weight is 537 g/mol. The van der Waals surface area contributed by atoms with E-state index in [2.05, 4.69) is 0 Å². The van der Waals surface area contributed by atoms with Gasteiger partial charge in [0.1, 0.15) is 43.7 Å². The van der Waals surface area contributed by atoms with E-state index in [1.165, 1.54) is 6.92 Å². The van der Waals surface area contributed by atoms with Crippen LogP contribution in [-0.2, 0) is 52.3 Å². The maximum atomic E-state index is 11.9.